The van der Waals surface area contributed by atoms with Crippen LogP contribution < -0.4 is 14.8 Å². The van der Waals surface area contributed by atoms with Crippen molar-refractivity contribution < 1.29 is 14.3 Å². The molecule has 1 unspecified atom stereocenters. The number of amidine groups is 1. The van der Waals surface area contributed by atoms with Gasteiger partial charge in [-0.15, -0.1) is 0 Å². The van der Waals surface area contributed by atoms with Gasteiger partial charge in [-0.05, 0) is 55.5 Å². The van der Waals surface area contributed by atoms with Crippen LogP contribution in [0.4, 0.5) is 16.2 Å². The SMILES string of the molecule is COc1ccc2c(c1)C(N1CCN(C(=O)Nc3cccc(Cl)c3)C(C)C1)=Nc1ccccc1O2. The van der Waals surface area contributed by atoms with Crippen molar-refractivity contribution in [2.75, 3.05) is 32.1 Å². The zero-order valence-electron chi connectivity index (χ0n) is 19.0. The van der Waals surface area contributed by atoms with E-state index in [9.17, 15) is 4.79 Å². The molecule has 0 spiro atoms. The molecule has 3 aromatic carbocycles. The van der Waals surface area contributed by atoms with E-state index >= 15 is 0 Å². The van der Waals surface area contributed by atoms with Crippen molar-refractivity contribution in [2.45, 2.75) is 13.0 Å². The molecule has 2 aliphatic heterocycles. The lowest BCUT2D eigenvalue weighted by atomic mass is 10.1. The van der Waals surface area contributed by atoms with E-state index in [0.29, 0.717) is 36.1 Å². The van der Waals surface area contributed by atoms with Gasteiger partial charge in [0.05, 0.1) is 12.7 Å². The molecule has 1 atom stereocenters. The zero-order chi connectivity index (χ0) is 23.7. The lowest BCUT2D eigenvalue weighted by Gasteiger charge is -2.41. The number of carbonyl (C=O) groups excluding carboxylic acids is 1. The topological polar surface area (TPSA) is 66.4 Å². The van der Waals surface area contributed by atoms with E-state index in [1.165, 1.54) is 0 Å². The van der Waals surface area contributed by atoms with Crippen molar-refractivity contribution in [3.05, 3.63) is 77.3 Å². The molecule has 0 bridgehead atoms. The maximum absolute atomic E-state index is 13.0. The fourth-order valence-corrected chi connectivity index (χ4v) is 4.47. The number of amides is 2. The summed E-state index contributed by atoms with van der Waals surface area (Å²) in [5.41, 5.74) is 2.30. The van der Waals surface area contributed by atoms with Crippen LogP contribution >= 0.6 is 11.6 Å². The Bertz CT molecular complexity index is 1260. The van der Waals surface area contributed by atoms with Crippen molar-refractivity contribution >= 4 is 34.8 Å². The second kappa shape index (κ2) is 9.27. The Hall–Kier alpha value is -3.71. The minimum Gasteiger partial charge on any atom is -0.497 e. The van der Waals surface area contributed by atoms with Gasteiger partial charge in [-0.1, -0.05) is 29.8 Å². The first-order chi connectivity index (χ1) is 16.5. The number of ether oxygens (including phenoxy) is 2. The van der Waals surface area contributed by atoms with Crippen LogP contribution in [0.15, 0.2) is 71.7 Å². The highest BCUT2D eigenvalue weighted by molar-refractivity contribution is 6.30. The maximum atomic E-state index is 13.0. The van der Waals surface area contributed by atoms with Crippen LogP contribution in [0, 0.1) is 0 Å². The number of piperazine rings is 1. The summed E-state index contributed by atoms with van der Waals surface area (Å²) in [5, 5.41) is 3.53. The summed E-state index contributed by atoms with van der Waals surface area (Å²) in [5.74, 6) is 2.96. The average Bonchev–Trinajstić information content (AvgIpc) is 3.00. The molecule has 1 N–H and O–H groups in total. The molecule has 1 saturated heterocycles. The van der Waals surface area contributed by atoms with Gasteiger partial charge in [-0.3, -0.25) is 0 Å². The van der Waals surface area contributed by atoms with Gasteiger partial charge in [-0.2, -0.15) is 0 Å². The van der Waals surface area contributed by atoms with Crippen LogP contribution in [0.1, 0.15) is 12.5 Å². The van der Waals surface area contributed by atoms with Gasteiger partial charge in [0.2, 0.25) is 0 Å². The molecule has 0 saturated carbocycles. The molecule has 2 heterocycles. The summed E-state index contributed by atoms with van der Waals surface area (Å²) in [6, 6.07) is 20.4. The number of aliphatic imine (C=N–C) groups is 1. The highest BCUT2D eigenvalue weighted by atomic mass is 35.5. The number of carbonyl (C=O) groups is 1. The normalized spacial score (nSPS) is 17.0. The van der Waals surface area contributed by atoms with E-state index in [0.717, 1.165) is 28.6 Å². The van der Waals surface area contributed by atoms with Crippen LogP contribution in [-0.4, -0.2) is 54.5 Å². The fraction of sp³-hybridized carbons (Fsp3) is 0.231. The molecule has 0 radical (unpaired) electrons. The van der Waals surface area contributed by atoms with Crippen molar-refractivity contribution in [1.82, 2.24) is 9.80 Å². The molecule has 7 nitrogen and oxygen atoms in total. The first kappa shape index (κ1) is 22.1. The van der Waals surface area contributed by atoms with Gasteiger partial charge in [0.25, 0.3) is 0 Å². The molecule has 2 aliphatic rings. The number of nitrogens with one attached hydrogen (secondary N) is 1. The van der Waals surface area contributed by atoms with E-state index in [4.69, 9.17) is 26.1 Å². The predicted molar refractivity (Wildman–Crippen MR) is 134 cm³/mol. The van der Waals surface area contributed by atoms with Crippen molar-refractivity contribution in [3.63, 3.8) is 0 Å². The Morgan fingerprint density at radius 1 is 1.09 bits per heavy atom. The molecular weight excluding hydrogens is 452 g/mol. The van der Waals surface area contributed by atoms with Gasteiger partial charge >= 0.3 is 6.03 Å². The third kappa shape index (κ3) is 4.39. The summed E-state index contributed by atoms with van der Waals surface area (Å²) in [7, 11) is 1.64. The molecule has 0 aromatic heterocycles. The molecule has 1 fully saturated rings. The molecule has 5 rings (SSSR count). The van der Waals surface area contributed by atoms with Crippen LogP contribution in [0.25, 0.3) is 0 Å². The average molecular weight is 477 g/mol. The second-order valence-corrected chi connectivity index (χ2v) is 8.73. The predicted octanol–water partition coefficient (Wildman–Crippen LogP) is 5.77. The summed E-state index contributed by atoms with van der Waals surface area (Å²) in [6.45, 7) is 3.85. The Kier molecular flexibility index (Phi) is 6.02. The lowest BCUT2D eigenvalue weighted by molar-refractivity contribution is 0.145. The standard InChI is InChI=1S/C26H25ClN4O3/c1-17-16-30(12-13-31(17)26(32)28-19-7-5-6-18(27)14-19)25-21-15-20(33-2)10-11-23(21)34-24-9-4-3-8-22(24)29-25/h3-11,14-15,17H,12-13,16H2,1-2H3,(H,28,32). The molecule has 8 heteroatoms. The Morgan fingerprint density at radius 3 is 2.74 bits per heavy atom. The second-order valence-electron chi connectivity index (χ2n) is 8.30. The molecular formula is C26H25ClN4O3. The fourth-order valence-electron chi connectivity index (χ4n) is 4.28. The Labute approximate surface area is 203 Å². The van der Waals surface area contributed by atoms with Crippen molar-refractivity contribution in [1.29, 1.82) is 0 Å². The zero-order valence-corrected chi connectivity index (χ0v) is 19.7. The number of para-hydroxylation sites is 2. The van der Waals surface area contributed by atoms with Crippen LogP contribution in [0.2, 0.25) is 5.02 Å². The Balaban J connectivity index is 1.41. The monoisotopic (exact) mass is 476 g/mol. The highest BCUT2D eigenvalue weighted by Gasteiger charge is 2.32. The number of urea groups is 1. The van der Waals surface area contributed by atoms with Gasteiger partial charge < -0.3 is 24.6 Å². The van der Waals surface area contributed by atoms with Gasteiger partial charge in [-0.25, -0.2) is 9.79 Å². The number of methoxy groups -OCH3 is 1. The number of benzene rings is 3. The number of halogens is 1. The number of anilines is 1. The first-order valence-electron chi connectivity index (χ1n) is 11.1. The highest BCUT2D eigenvalue weighted by Crippen LogP contribution is 2.39. The molecule has 2 amide bonds. The maximum Gasteiger partial charge on any atom is 0.322 e. The molecule has 34 heavy (non-hydrogen) atoms. The molecule has 0 aliphatic carbocycles. The summed E-state index contributed by atoms with van der Waals surface area (Å²) in [6.07, 6.45) is 0. The van der Waals surface area contributed by atoms with Gasteiger partial charge in [0.1, 0.15) is 23.0 Å². The van der Waals surface area contributed by atoms with Crippen LogP contribution in [-0.2, 0) is 0 Å². The number of hydrogen-bond donors (Lipinski definition) is 1. The van der Waals surface area contributed by atoms with E-state index in [2.05, 4.69) is 10.2 Å². The smallest absolute Gasteiger partial charge is 0.322 e. The van der Waals surface area contributed by atoms with Crippen molar-refractivity contribution in [3.8, 4) is 17.2 Å². The number of rotatable bonds is 2. The summed E-state index contributed by atoms with van der Waals surface area (Å²) in [4.78, 5) is 22.0. The number of hydrogen-bond acceptors (Lipinski definition) is 5. The lowest BCUT2D eigenvalue weighted by Crippen LogP contribution is -2.56. The van der Waals surface area contributed by atoms with E-state index in [1.54, 1.807) is 19.2 Å². The number of fused-ring (bicyclic) bond motifs is 2. The van der Waals surface area contributed by atoms with E-state index < -0.39 is 0 Å². The van der Waals surface area contributed by atoms with E-state index in [-0.39, 0.29) is 12.1 Å². The molecule has 174 valence electrons. The van der Waals surface area contributed by atoms with Crippen LogP contribution in [0.5, 0.6) is 17.2 Å². The molecule has 3 aromatic rings. The van der Waals surface area contributed by atoms with Crippen LogP contribution in [0.3, 0.4) is 0 Å². The third-order valence-corrected chi connectivity index (χ3v) is 6.24. The quantitative estimate of drug-likeness (QED) is 0.509. The van der Waals surface area contributed by atoms with Gasteiger partial charge in [0.15, 0.2) is 5.75 Å². The Morgan fingerprint density at radius 2 is 1.94 bits per heavy atom. The summed E-state index contributed by atoms with van der Waals surface area (Å²) >= 11 is 6.06. The van der Waals surface area contributed by atoms with Gasteiger partial charge in [0, 0.05) is 36.4 Å². The minimum absolute atomic E-state index is 0.0379. The minimum atomic E-state index is -0.145. The van der Waals surface area contributed by atoms with E-state index in [1.807, 2.05) is 66.4 Å². The number of nitrogens with zero attached hydrogens (tertiary/aromatic N) is 3. The first-order valence-corrected chi connectivity index (χ1v) is 11.5. The third-order valence-electron chi connectivity index (χ3n) is 6.00. The van der Waals surface area contributed by atoms with Crippen molar-refractivity contribution in [2.24, 2.45) is 4.99 Å². The largest absolute Gasteiger partial charge is 0.497 e. The summed E-state index contributed by atoms with van der Waals surface area (Å²) < 4.78 is 11.7.